The van der Waals surface area contributed by atoms with E-state index in [4.69, 9.17) is 15.6 Å². The van der Waals surface area contributed by atoms with Crippen molar-refractivity contribution in [3.63, 3.8) is 0 Å². The maximum atomic E-state index is 10.9. The van der Waals surface area contributed by atoms with Gasteiger partial charge in [0.05, 0.1) is 0 Å². The predicted molar refractivity (Wildman–Crippen MR) is 62.1 cm³/mol. The lowest BCUT2D eigenvalue weighted by atomic mass is 10.2. The summed E-state index contributed by atoms with van der Waals surface area (Å²) in [6.07, 6.45) is 1.47. The van der Waals surface area contributed by atoms with Gasteiger partial charge in [0.15, 0.2) is 0 Å². The Kier molecular flexibility index (Phi) is 2.91. The molecule has 0 amide bonds. The number of aromatic nitrogens is 1. The summed E-state index contributed by atoms with van der Waals surface area (Å²) in [6, 6.07) is 9.67. The van der Waals surface area contributed by atoms with E-state index in [0.717, 1.165) is 0 Å². The summed E-state index contributed by atoms with van der Waals surface area (Å²) in [5.41, 5.74) is 6.14. The number of benzene rings is 1. The summed E-state index contributed by atoms with van der Waals surface area (Å²) in [6.45, 7) is 0. The molecule has 5 heteroatoms. The molecule has 1 aromatic carbocycles. The highest BCUT2D eigenvalue weighted by atomic mass is 16.5. The summed E-state index contributed by atoms with van der Waals surface area (Å²) >= 11 is 0. The summed E-state index contributed by atoms with van der Waals surface area (Å²) in [5.74, 6) is -0.589. The fraction of sp³-hybridized carbons (Fsp3) is 0. The van der Waals surface area contributed by atoms with Crippen molar-refractivity contribution in [1.82, 2.24) is 4.98 Å². The predicted octanol–water partition coefficient (Wildman–Crippen LogP) is 2.15. The number of ether oxygens (including phenoxy) is 1. The molecule has 1 aromatic heterocycles. The number of hydrogen-bond acceptors (Lipinski definition) is 4. The van der Waals surface area contributed by atoms with Gasteiger partial charge in [-0.15, -0.1) is 0 Å². The maximum absolute atomic E-state index is 10.9. The van der Waals surface area contributed by atoms with E-state index in [9.17, 15) is 4.79 Å². The standard InChI is InChI=1S/C12H10N2O3/c13-8-3-1-4-9(7-8)17-11-10(12(15)16)5-2-6-14-11/h1-7H,13H2,(H,15,16). The van der Waals surface area contributed by atoms with Crippen molar-refractivity contribution < 1.29 is 14.6 Å². The minimum Gasteiger partial charge on any atom is -0.477 e. The second-order valence-corrected chi connectivity index (χ2v) is 3.34. The first-order valence-corrected chi connectivity index (χ1v) is 4.88. The molecule has 0 fully saturated rings. The molecule has 0 aliphatic heterocycles. The molecule has 0 spiro atoms. The summed E-state index contributed by atoms with van der Waals surface area (Å²) in [5, 5.41) is 8.95. The van der Waals surface area contributed by atoms with Crippen molar-refractivity contribution in [2.24, 2.45) is 0 Å². The Balaban J connectivity index is 2.33. The zero-order valence-electron chi connectivity index (χ0n) is 8.83. The zero-order valence-corrected chi connectivity index (χ0v) is 8.83. The van der Waals surface area contributed by atoms with Crippen molar-refractivity contribution in [3.8, 4) is 11.6 Å². The van der Waals surface area contributed by atoms with Crippen LogP contribution in [0.3, 0.4) is 0 Å². The van der Waals surface area contributed by atoms with Gasteiger partial charge in [0.1, 0.15) is 11.3 Å². The van der Waals surface area contributed by atoms with E-state index in [1.165, 1.54) is 18.3 Å². The number of carboxylic acid groups (broad SMARTS) is 1. The average molecular weight is 230 g/mol. The van der Waals surface area contributed by atoms with Gasteiger partial charge in [-0.1, -0.05) is 6.07 Å². The summed E-state index contributed by atoms with van der Waals surface area (Å²) in [7, 11) is 0. The molecule has 0 aliphatic rings. The molecule has 0 atom stereocenters. The fourth-order valence-corrected chi connectivity index (χ4v) is 1.32. The van der Waals surface area contributed by atoms with Crippen LogP contribution in [0.5, 0.6) is 11.6 Å². The van der Waals surface area contributed by atoms with Crippen LogP contribution < -0.4 is 10.5 Å². The van der Waals surface area contributed by atoms with Gasteiger partial charge in [0.2, 0.25) is 5.88 Å². The molecule has 2 aromatic rings. The van der Waals surface area contributed by atoms with Crippen molar-refractivity contribution in [1.29, 1.82) is 0 Å². The zero-order chi connectivity index (χ0) is 12.3. The molecule has 0 unspecified atom stereocenters. The van der Waals surface area contributed by atoms with Crippen molar-refractivity contribution in [2.75, 3.05) is 5.73 Å². The van der Waals surface area contributed by atoms with E-state index in [1.807, 2.05) is 0 Å². The van der Waals surface area contributed by atoms with Crippen LogP contribution >= 0.6 is 0 Å². The van der Waals surface area contributed by atoms with E-state index in [1.54, 1.807) is 24.3 Å². The molecule has 5 nitrogen and oxygen atoms in total. The third-order valence-electron chi connectivity index (χ3n) is 2.07. The largest absolute Gasteiger partial charge is 0.477 e. The van der Waals surface area contributed by atoms with Crippen LogP contribution in [0.25, 0.3) is 0 Å². The second-order valence-electron chi connectivity index (χ2n) is 3.34. The van der Waals surface area contributed by atoms with Crippen LogP contribution in [-0.4, -0.2) is 16.1 Å². The topological polar surface area (TPSA) is 85.4 Å². The van der Waals surface area contributed by atoms with Crippen LogP contribution in [0.15, 0.2) is 42.6 Å². The number of rotatable bonds is 3. The molecule has 0 saturated heterocycles. The van der Waals surface area contributed by atoms with E-state index in [-0.39, 0.29) is 11.4 Å². The number of hydrogen-bond donors (Lipinski definition) is 2. The first-order chi connectivity index (χ1) is 8.16. The molecular formula is C12H10N2O3. The molecule has 0 radical (unpaired) electrons. The Labute approximate surface area is 97.5 Å². The molecule has 0 aliphatic carbocycles. The maximum Gasteiger partial charge on any atom is 0.341 e. The molecule has 2 rings (SSSR count). The first-order valence-electron chi connectivity index (χ1n) is 4.88. The van der Waals surface area contributed by atoms with Gasteiger partial charge in [0.25, 0.3) is 0 Å². The molecule has 3 N–H and O–H groups in total. The quantitative estimate of drug-likeness (QED) is 0.789. The number of carboxylic acids is 1. The Bertz CT molecular complexity index is 555. The smallest absolute Gasteiger partial charge is 0.341 e. The lowest BCUT2D eigenvalue weighted by molar-refractivity contribution is 0.0693. The highest BCUT2D eigenvalue weighted by Crippen LogP contribution is 2.24. The van der Waals surface area contributed by atoms with Gasteiger partial charge in [-0.25, -0.2) is 9.78 Å². The van der Waals surface area contributed by atoms with Gasteiger partial charge in [-0.05, 0) is 24.3 Å². The number of pyridine rings is 1. The van der Waals surface area contributed by atoms with Crippen LogP contribution in [-0.2, 0) is 0 Å². The SMILES string of the molecule is Nc1cccc(Oc2ncccc2C(=O)O)c1. The normalized spacial score (nSPS) is 9.88. The number of nitrogens with zero attached hydrogens (tertiary/aromatic N) is 1. The number of anilines is 1. The summed E-state index contributed by atoms with van der Waals surface area (Å²) in [4.78, 5) is 14.8. The fourth-order valence-electron chi connectivity index (χ4n) is 1.32. The van der Waals surface area contributed by atoms with Crippen LogP contribution in [0.1, 0.15) is 10.4 Å². The molecule has 86 valence electrons. The Morgan fingerprint density at radius 3 is 2.82 bits per heavy atom. The van der Waals surface area contributed by atoms with Gasteiger partial charge in [0, 0.05) is 18.0 Å². The Morgan fingerprint density at radius 1 is 1.29 bits per heavy atom. The van der Waals surface area contributed by atoms with Crippen LogP contribution in [0.4, 0.5) is 5.69 Å². The lowest BCUT2D eigenvalue weighted by Gasteiger charge is -2.07. The highest BCUT2D eigenvalue weighted by molar-refractivity contribution is 5.90. The average Bonchev–Trinajstić information content (AvgIpc) is 2.29. The van der Waals surface area contributed by atoms with Crippen LogP contribution in [0, 0.1) is 0 Å². The van der Waals surface area contributed by atoms with Crippen molar-refractivity contribution in [2.45, 2.75) is 0 Å². The molecule has 0 bridgehead atoms. The number of aromatic carboxylic acids is 1. The van der Waals surface area contributed by atoms with Crippen LogP contribution in [0.2, 0.25) is 0 Å². The van der Waals surface area contributed by atoms with Gasteiger partial charge in [-0.3, -0.25) is 0 Å². The van der Waals surface area contributed by atoms with Gasteiger partial charge >= 0.3 is 5.97 Å². The highest BCUT2D eigenvalue weighted by Gasteiger charge is 2.12. The lowest BCUT2D eigenvalue weighted by Crippen LogP contribution is -2.01. The third-order valence-corrected chi connectivity index (χ3v) is 2.07. The van der Waals surface area contributed by atoms with Gasteiger partial charge in [-0.2, -0.15) is 0 Å². The number of nitrogens with two attached hydrogens (primary N) is 1. The second kappa shape index (κ2) is 4.52. The van der Waals surface area contributed by atoms with E-state index in [2.05, 4.69) is 4.98 Å². The van der Waals surface area contributed by atoms with E-state index in [0.29, 0.717) is 11.4 Å². The Hall–Kier alpha value is -2.56. The molecule has 0 saturated carbocycles. The van der Waals surface area contributed by atoms with E-state index >= 15 is 0 Å². The summed E-state index contributed by atoms with van der Waals surface area (Å²) < 4.78 is 5.38. The Morgan fingerprint density at radius 2 is 2.12 bits per heavy atom. The molecular weight excluding hydrogens is 220 g/mol. The first kappa shape index (κ1) is 10.9. The molecule has 17 heavy (non-hydrogen) atoms. The third kappa shape index (κ3) is 2.52. The minimum atomic E-state index is -1.09. The van der Waals surface area contributed by atoms with Crippen molar-refractivity contribution >= 4 is 11.7 Å². The van der Waals surface area contributed by atoms with E-state index < -0.39 is 5.97 Å². The number of carbonyl (C=O) groups is 1. The molecule has 1 heterocycles. The monoisotopic (exact) mass is 230 g/mol. The minimum absolute atomic E-state index is 0.00919. The van der Waals surface area contributed by atoms with Gasteiger partial charge < -0.3 is 15.6 Å². The number of nitrogen functional groups attached to an aromatic ring is 1. The van der Waals surface area contributed by atoms with Crippen molar-refractivity contribution in [3.05, 3.63) is 48.2 Å².